The molecule has 1 unspecified atom stereocenters. The van der Waals surface area contributed by atoms with Crippen LogP contribution in [0.2, 0.25) is 0 Å². The smallest absolute Gasteiger partial charge is 0.220 e. The minimum absolute atomic E-state index is 0.100. The molecule has 2 aromatic rings. The van der Waals surface area contributed by atoms with Crippen molar-refractivity contribution in [1.82, 2.24) is 4.90 Å². The molecule has 1 amide bonds. The molecule has 3 nitrogen and oxygen atoms in total. The molecule has 1 atom stereocenters. The number of nitrogens with two attached hydrogens (primary N) is 1. The van der Waals surface area contributed by atoms with Crippen molar-refractivity contribution < 1.29 is 13.6 Å². The van der Waals surface area contributed by atoms with Gasteiger partial charge >= 0.3 is 0 Å². The Bertz CT molecular complexity index is 860. The lowest BCUT2D eigenvalue weighted by Crippen LogP contribution is -2.29. The average Bonchev–Trinajstić information content (AvgIpc) is 3.41. The van der Waals surface area contributed by atoms with Crippen molar-refractivity contribution in [1.29, 1.82) is 0 Å². The zero-order valence-electron chi connectivity index (χ0n) is 16.8. The largest absolute Gasteiger partial charge is 0.330 e. The Balaban J connectivity index is 0.000000290. The van der Waals surface area contributed by atoms with E-state index in [4.69, 9.17) is 5.73 Å². The van der Waals surface area contributed by atoms with Gasteiger partial charge in [-0.2, -0.15) is 0 Å². The molecule has 4 rings (SSSR count). The molecule has 0 aromatic heterocycles. The van der Waals surface area contributed by atoms with Crippen molar-refractivity contribution in [2.45, 2.75) is 38.6 Å². The molecule has 154 valence electrons. The first-order chi connectivity index (χ1) is 14.0. The molecule has 1 saturated carbocycles. The lowest BCUT2D eigenvalue weighted by molar-refractivity contribution is -0.129. The molecule has 2 N–H and O–H groups in total. The summed E-state index contributed by atoms with van der Waals surface area (Å²) in [5.41, 5.74) is 7.22. The summed E-state index contributed by atoms with van der Waals surface area (Å²) in [7, 11) is 0. The summed E-state index contributed by atoms with van der Waals surface area (Å²) in [5, 5.41) is 0. The molecule has 1 fully saturated rings. The Labute approximate surface area is 171 Å². The Morgan fingerprint density at radius 2 is 1.79 bits per heavy atom. The van der Waals surface area contributed by atoms with Gasteiger partial charge in [-0.05, 0) is 54.6 Å². The number of hydrogen-bond donors (Lipinski definition) is 1. The van der Waals surface area contributed by atoms with Gasteiger partial charge in [-0.1, -0.05) is 49.2 Å². The number of hydrogen-bond acceptors (Lipinski definition) is 2. The molecule has 5 heteroatoms. The first-order valence-corrected chi connectivity index (χ1v) is 10.2. The summed E-state index contributed by atoms with van der Waals surface area (Å²) in [6.45, 7) is 2.67. The predicted octanol–water partition coefficient (Wildman–Crippen LogP) is 5.09. The van der Waals surface area contributed by atoms with E-state index < -0.39 is 11.6 Å². The summed E-state index contributed by atoms with van der Waals surface area (Å²) in [6, 6.07) is 12.6. The fraction of sp³-hybridized carbons (Fsp3) is 0.375. The van der Waals surface area contributed by atoms with E-state index >= 15 is 0 Å². The van der Waals surface area contributed by atoms with Crippen LogP contribution in [0.25, 0.3) is 5.57 Å². The van der Waals surface area contributed by atoms with Crippen LogP contribution in [0.5, 0.6) is 0 Å². The van der Waals surface area contributed by atoms with Crippen LogP contribution in [0.1, 0.15) is 49.8 Å². The third-order valence-electron chi connectivity index (χ3n) is 5.66. The highest BCUT2D eigenvalue weighted by Gasteiger charge is 2.29. The zero-order chi connectivity index (χ0) is 20.8. The van der Waals surface area contributed by atoms with Gasteiger partial charge in [-0.3, -0.25) is 4.79 Å². The van der Waals surface area contributed by atoms with Gasteiger partial charge in [0.1, 0.15) is 11.6 Å². The van der Waals surface area contributed by atoms with E-state index in [9.17, 15) is 13.6 Å². The number of nitrogens with zero attached hydrogens (tertiary/aromatic N) is 1. The summed E-state index contributed by atoms with van der Waals surface area (Å²) in [6.07, 6.45) is 7.44. The maximum Gasteiger partial charge on any atom is 0.220 e. The van der Waals surface area contributed by atoms with Crippen molar-refractivity contribution in [2.75, 3.05) is 13.1 Å². The van der Waals surface area contributed by atoms with Gasteiger partial charge < -0.3 is 10.6 Å². The summed E-state index contributed by atoms with van der Waals surface area (Å²) < 4.78 is 27.4. The second-order valence-electron chi connectivity index (χ2n) is 7.70. The quantitative estimate of drug-likeness (QED) is 0.783. The molecule has 1 heterocycles. The van der Waals surface area contributed by atoms with Gasteiger partial charge in [0.25, 0.3) is 0 Å². The highest BCUT2D eigenvalue weighted by molar-refractivity contribution is 5.81. The number of amides is 1. The summed E-state index contributed by atoms with van der Waals surface area (Å²) >= 11 is 0. The van der Waals surface area contributed by atoms with Gasteiger partial charge in [-0.25, -0.2) is 8.78 Å². The van der Waals surface area contributed by atoms with Crippen molar-refractivity contribution in [3.63, 3.8) is 0 Å². The minimum atomic E-state index is -0.491. The predicted molar refractivity (Wildman–Crippen MR) is 112 cm³/mol. The minimum Gasteiger partial charge on any atom is -0.330 e. The van der Waals surface area contributed by atoms with Crippen LogP contribution in [0.4, 0.5) is 8.78 Å². The fourth-order valence-electron chi connectivity index (χ4n) is 4.01. The Morgan fingerprint density at radius 1 is 1.10 bits per heavy atom. The molecule has 1 aliphatic carbocycles. The first kappa shape index (κ1) is 21.2. The zero-order valence-corrected chi connectivity index (χ0v) is 16.8. The average molecular weight is 398 g/mol. The van der Waals surface area contributed by atoms with E-state index in [1.54, 1.807) is 4.90 Å². The molecule has 29 heavy (non-hydrogen) atoms. The Morgan fingerprint density at radius 3 is 2.38 bits per heavy atom. The van der Waals surface area contributed by atoms with Crippen LogP contribution < -0.4 is 5.73 Å². The highest BCUT2D eigenvalue weighted by Crippen LogP contribution is 2.35. The molecule has 0 saturated heterocycles. The number of carbonyl (C=O) groups excluding carboxylic acids is 1. The first-order valence-electron chi connectivity index (χ1n) is 10.2. The van der Waals surface area contributed by atoms with Gasteiger partial charge in [-0.15, -0.1) is 0 Å². The third kappa shape index (κ3) is 5.30. The topological polar surface area (TPSA) is 46.3 Å². The van der Waals surface area contributed by atoms with Crippen LogP contribution >= 0.6 is 0 Å². The van der Waals surface area contributed by atoms with Crippen LogP contribution in [0, 0.1) is 17.6 Å². The van der Waals surface area contributed by atoms with Crippen molar-refractivity contribution in [3.8, 4) is 0 Å². The summed E-state index contributed by atoms with van der Waals surface area (Å²) in [5.74, 6) is -0.198. The highest BCUT2D eigenvalue weighted by atomic mass is 19.1. The lowest BCUT2D eigenvalue weighted by atomic mass is 10.0. The second kappa shape index (κ2) is 9.79. The third-order valence-corrected chi connectivity index (χ3v) is 5.66. The van der Waals surface area contributed by atoms with E-state index in [2.05, 4.69) is 0 Å². The van der Waals surface area contributed by atoms with E-state index in [0.29, 0.717) is 5.57 Å². The SMILES string of the molecule is CC(=O)N1CC(c2cc(F)ccc2F)=CC1c1ccccc1.NCC1CCCC1. The van der Waals surface area contributed by atoms with Crippen LogP contribution in [0.3, 0.4) is 0 Å². The maximum atomic E-state index is 14.0. The van der Waals surface area contributed by atoms with Crippen molar-refractivity contribution in [2.24, 2.45) is 11.7 Å². The maximum absolute atomic E-state index is 14.0. The molecule has 1 aliphatic heterocycles. The van der Waals surface area contributed by atoms with E-state index in [-0.39, 0.29) is 24.1 Å². The van der Waals surface area contributed by atoms with Crippen molar-refractivity contribution >= 4 is 11.5 Å². The summed E-state index contributed by atoms with van der Waals surface area (Å²) in [4.78, 5) is 13.5. The van der Waals surface area contributed by atoms with Gasteiger partial charge in [0.15, 0.2) is 0 Å². The van der Waals surface area contributed by atoms with E-state index in [1.807, 2.05) is 36.4 Å². The second-order valence-corrected chi connectivity index (χ2v) is 7.70. The Kier molecular flexibility index (Phi) is 7.15. The van der Waals surface area contributed by atoms with Crippen LogP contribution in [0.15, 0.2) is 54.6 Å². The fourth-order valence-corrected chi connectivity index (χ4v) is 4.01. The van der Waals surface area contributed by atoms with Crippen LogP contribution in [-0.2, 0) is 4.79 Å². The van der Waals surface area contributed by atoms with Gasteiger partial charge in [0.2, 0.25) is 5.91 Å². The number of benzene rings is 2. The van der Waals surface area contributed by atoms with E-state index in [1.165, 1.54) is 38.7 Å². The Hall–Kier alpha value is -2.53. The van der Waals surface area contributed by atoms with Gasteiger partial charge in [0, 0.05) is 19.0 Å². The lowest BCUT2D eigenvalue weighted by Gasteiger charge is -2.23. The molecule has 2 aliphatic rings. The number of carbonyl (C=O) groups is 1. The standard InChI is InChI=1S/C18H15F2NO.C6H13N/c1-12(22)21-11-14(16-10-15(19)7-8-17(16)20)9-18(21)13-5-3-2-4-6-13;7-5-6-3-1-2-4-6/h2-10,18H,11H2,1H3;6H,1-5,7H2. The van der Waals surface area contributed by atoms with E-state index in [0.717, 1.165) is 30.2 Å². The van der Waals surface area contributed by atoms with Crippen molar-refractivity contribution in [3.05, 3.63) is 77.4 Å². The molecule has 0 radical (unpaired) electrons. The molecule has 0 spiro atoms. The molecule has 2 aromatic carbocycles. The van der Waals surface area contributed by atoms with Gasteiger partial charge in [0.05, 0.1) is 6.04 Å². The monoisotopic (exact) mass is 398 g/mol. The molecular formula is C24H28F2N2O. The molecular weight excluding hydrogens is 370 g/mol. The normalized spacial score (nSPS) is 19.0. The number of halogens is 2. The van der Waals surface area contributed by atoms with Crippen LogP contribution in [-0.4, -0.2) is 23.9 Å². The number of rotatable bonds is 3. The molecule has 0 bridgehead atoms.